The highest BCUT2D eigenvalue weighted by Gasteiger charge is 1.99. The lowest BCUT2D eigenvalue weighted by Crippen LogP contribution is -2.06. The molecule has 0 aliphatic heterocycles. The van der Waals surface area contributed by atoms with Crippen LogP contribution in [0.15, 0.2) is 47.1 Å². The van der Waals surface area contributed by atoms with Crippen molar-refractivity contribution < 1.29 is 4.74 Å². The van der Waals surface area contributed by atoms with Gasteiger partial charge in [-0.2, -0.15) is 0 Å². The van der Waals surface area contributed by atoms with Gasteiger partial charge in [0, 0.05) is 23.3 Å². The molecule has 0 amide bonds. The van der Waals surface area contributed by atoms with E-state index in [9.17, 15) is 0 Å². The van der Waals surface area contributed by atoms with Crippen LogP contribution in [0.1, 0.15) is 5.69 Å². The molecule has 0 atom stereocenters. The average molecular weight is 293 g/mol. The van der Waals surface area contributed by atoms with Crippen LogP contribution in [0.3, 0.4) is 0 Å². The second kappa shape index (κ2) is 5.80. The smallest absolute Gasteiger partial charge is 0.130 e. The molecule has 0 aliphatic carbocycles. The van der Waals surface area contributed by atoms with E-state index in [-0.39, 0.29) is 0 Å². The van der Waals surface area contributed by atoms with Gasteiger partial charge in [0.2, 0.25) is 0 Å². The Labute approximate surface area is 109 Å². The molecule has 17 heavy (non-hydrogen) atoms. The number of nitrogens with zero attached hydrogens (tertiary/aromatic N) is 1. The van der Waals surface area contributed by atoms with E-state index < -0.39 is 0 Å². The van der Waals surface area contributed by atoms with Crippen LogP contribution in [-0.2, 0) is 6.54 Å². The first kappa shape index (κ1) is 12.1. The van der Waals surface area contributed by atoms with Gasteiger partial charge in [-0.15, -0.1) is 0 Å². The molecule has 0 radical (unpaired) electrons. The Balaban J connectivity index is 2.12. The predicted molar refractivity (Wildman–Crippen MR) is 71.2 cm³/mol. The van der Waals surface area contributed by atoms with Gasteiger partial charge in [0.25, 0.3) is 0 Å². The zero-order valence-electron chi connectivity index (χ0n) is 9.48. The predicted octanol–water partition coefficient (Wildman–Crippen LogP) is 3.36. The summed E-state index contributed by atoms with van der Waals surface area (Å²) in [6.07, 6.45) is 1.75. The lowest BCUT2D eigenvalue weighted by Gasteiger charge is -2.07. The zero-order valence-corrected chi connectivity index (χ0v) is 11.1. The maximum atomic E-state index is 5.73. The molecule has 0 bridgehead atoms. The molecule has 0 saturated carbocycles. The van der Waals surface area contributed by atoms with Crippen LogP contribution in [0, 0.1) is 0 Å². The quantitative estimate of drug-likeness (QED) is 0.938. The van der Waals surface area contributed by atoms with Crippen molar-refractivity contribution in [3.63, 3.8) is 0 Å². The van der Waals surface area contributed by atoms with Crippen molar-refractivity contribution in [1.29, 1.82) is 0 Å². The molecule has 0 fully saturated rings. The molecule has 4 heteroatoms. The largest absolute Gasteiger partial charge is 0.457 e. The van der Waals surface area contributed by atoms with Gasteiger partial charge in [-0.1, -0.05) is 15.9 Å². The van der Waals surface area contributed by atoms with Crippen molar-refractivity contribution >= 4 is 15.9 Å². The number of rotatable bonds is 4. The van der Waals surface area contributed by atoms with Crippen LogP contribution >= 0.6 is 15.9 Å². The van der Waals surface area contributed by atoms with Crippen molar-refractivity contribution in [2.24, 2.45) is 0 Å². The summed E-state index contributed by atoms with van der Waals surface area (Å²) >= 11 is 3.39. The minimum absolute atomic E-state index is 0.734. The molecule has 0 aliphatic rings. The second-order valence-electron chi connectivity index (χ2n) is 3.57. The number of ether oxygens (including phenoxy) is 1. The molecule has 88 valence electrons. The third kappa shape index (κ3) is 3.54. The number of hydrogen-bond donors (Lipinski definition) is 1. The summed E-state index contributed by atoms with van der Waals surface area (Å²) in [7, 11) is 1.89. The van der Waals surface area contributed by atoms with Gasteiger partial charge in [0.1, 0.15) is 11.5 Å². The van der Waals surface area contributed by atoms with Gasteiger partial charge in [0.05, 0.1) is 5.69 Å². The highest BCUT2D eigenvalue weighted by Crippen LogP contribution is 2.23. The fraction of sp³-hybridized carbons (Fsp3) is 0.154. The third-order valence-electron chi connectivity index (χ3n) is 2.20. The number of pyridine rings is 1. The standard InChI is InChI=1S/C13H13BrN2O/c1-15-9-11-8-13(6-7-16-11)17-12-4-2-10(14)3-5-12/h2-8,15H,9H2,1H3. The van der Waals surface area contributed by atoms with Gasteiger partial charge in [-0.05, 0) is 37.4 Å². The molecule has 1 N–H and O–H groups in total. The van der Waals surface area contributed by atoms with Crippen LogP contribution in [0.4, 0.5) is 0 Å². The fourth-order valence-electron chi connectivity index (χ4n) is 1.44. The van der Waals surface area contributed by atoms with Crippen molar-refractivity contribution in [2.75, 3.05) is 7.05 Å². The number of hydrogen-bond acceptors (Lipinski definition) is 3. The number of halogens is 1. The van der Waals surface area contributed by atoms with E-state index in [0.29, 0.717) is 0 Å². The first-order valence-electron chi connectivity index (χ1n) is 5.31. The van der Waals surface area contributed by atoms with E-state index in [1.165, 1.54) is 0 Å². The van der Waals surface area contributed by atoms with Crippen LogP contribution in [0.5, 0.6) is 11.5 Å². The Kier molecular flexibility index (Phi) is 4.12. The van der Waals surface area contributed by atoms with Crippen LogP contribution < -0.4 is 10.1 Å². The van der Waals surface area contributed by atoms with E-state index >= 15 is 0 Å². The maximum absolute atomic E-state index is 5.73. The highest BCUT2D eigenvalue weighted by molar-refractivity contribution is 9.10. The lowest BCUT2D eigenvalue weighted by atomic mass is 10.3. The van der Waals surface area contributed by atoms with Gasteiger partial charge in [-0.25, -0.2) is 0 Å². The minimum Gasteiger partial charge on any atom is -0.457 e. The number of nitrogens with one attached hydrogen (secondary N) is 1. The third-order valence-corrected chi connectivity index (χ3v) is 2.72. The molecular formula is C13H13BrN2O. The van der Waals surface area contributed by atoms with E-state index in [4.69, 9.17) is 4.74 Å². The van der Waals surface area contributed by atoms with Crippen molar-refractivity contribution in [3.8, 4) is 11.5 Å². The molecule has 0 spiro atoms. The first-order valence-corrected chi connectivity index (χ1v) is 6.10. The van der Waals surface area contributed by atoms with Crippen molar-refractivity contribution in [3.05, 3.63) is 52.8 Å². The topological polar surface area (TPSA) is 34.1 Å². The second-order valence-corrected chi connectivity index (χ2v) is 4.48. The molecule has 1 heterocycles. The van der Waals surface area contributed by atoms with E-state index in [1.807, 2.05) is 43.4 Å². The van der Waals surface area contributed by atoms with E-state index in [1.54, 1.807) is 6.20 Å². The lowest BCUT2D eigenvalue weighted by molar-refractivity contribution is 0.480. The summed E-state index contributed by atoms with van der Waals surface area (Å²) in [5.41, 5.74) is 0.960. The van der Waals surface area contributed by atoms with Crippen molar-refractivity contribution in [1.82, 2.24) is 10.3 Å². The van der Waals surface area contributed by atoms with Gasteiger partial charge < -0.3 is 10.1 Å². The minimum atomic E-state index is 0.734. The van der Waals surface area contributed by atoms with Crippen molar-refractivity contribution in [2.45, 2.75) is 6.54 Å². The zero-order chi connectivity index (χ0) is 12.1. The summed E-state index contributed by atoms with van der Waals surface area (Å²) in [6.45, 7) is 0.734. The van der Waals surface area contributed by atoms with E-state index in [0.717, 1.165) is 28.2 Å². The molecule has 0 unspecified atom stereocenters. The molecule has 2 rings (SSSR count). The molecular weight excluding hydrogens is 280 g/mol. The highest BCUT2D eigenvalue weighted by atomic mass is 79.9. The normalized spacial score (nSPS) is 10.2. The van der Waals surface area contributed by atoms with Gasteiger partial charge >= 0.3 is 0 Å². The van der Waals surface area contributed by atoms with Gasteiger partial charge in [0.15, 0.2) is 0 Å². The summed E-state index contributed by atoms with van der Waals surface area (Å²) in [6, 6.07) is 11.5. The Morgan fingerprint density at radius 3 is 2.65 bits per heavy atom. The SMILES string of the molecule is CNCc1cc(Oc2ccc(Br)cc2)ccn1. The fourth-order valence-corrected chi connectivity index (χ4v) is 1.70. The van der Waals surface area contributed by atoms with Crippen LogP contribution in [-0.4, -0.2) is 12.0 Å². The molecule has 1 aromatic heterocycles. The first-order chi connectivity index (χ1) is 8.28. The Morgan fingerprint density at radius 1 is 1.18 bits per heavy atom. The molecule has 2 aromatic rings. The molecule has 0 saturated heterocycles. The molecule has 1 aromatic carbocycles. The van der Waals surface area contributed by atoms with Gasteiger partial charge in [-0.3, -0.25) is 4.98 Å². The molecule has 3 nitrogen and oxygen atoms in total. The summed E-state index contributed by atoms with van der Waals surface area (Å²) in [5.74, 6) is 1.61. The number of aromatic nitrogens is 1. The summed E-state index contributed by atoms with van der Waals surface area (Å²) in [4.78, 5) is 4.23. The Hall–Kier alpha value is -1.39. The average Bonchev–Trinajstić information content (AvgIpc) is 2.33. The summed E-state index contributed by atoms with van der Waals surface area (Å²) < 4.78 is 6.77. The number of benzene rings is 1. The van der Waals surface area contributed by atoms with Crippen LogP contribution in [0.25, 0.3) is 0 Å². The Bertz CT molecular complexity index is 485. The van der Waals surface area contributed by atoms with Crippen LogP contribution in [0.2, 0.25) is 0 Å². The monoisotopic (exact) mass is 292 g/mol. The Morgan fingerprint density at radius 2 is 1.94 bits per heavy atom. The van der Waals surface area contributed by atoms with E-state index in [2.05, 4.69) is 26.2 Å². The summed E-state index contributed by atoms with van der Waals surface area (Å²) in [5, 5.41) is 3.06. The maximum Gasteiger partial charge on any atom is 0.130 e.